The SMILES string of the molecule is CCC[C@H](C(N)=O)[C@@H](CC(C)C)C(=O)NC1CN(c2ccccc2)c2ccccc2N(CCC2CCC2)C1=O. The highest BCUT2D eigenvalue weighted by molar-refractivity contribution is 6.04. The number of amides is 3. The highest BCUT2D eigenvalue weighted by atomic mass is 16.2. The van der Waals surface area contributed by atoms with Crippen LogP contribution in [-0.2, 0) is 14.4 Å². The molecule has 2 aromatic rings. The average Bonchev–Trinajstić information content (AvgIpc) is 3.00. The third-order valence-electron chi connectivity index (χ3n) is 8.28. The normalized spacial score (nSPS) is 19.2. The van der Waals surface area contributed by atoms with Crippen LogP contribution in [0.4, 0.5) is 17.1 Å². The molecule has 7 heteroatoms. The van der Waals surface area contributed by atoms with Gasteiger partial charge in [-0.1, -0.05) is 76.8 Å². The zero-order valence-electron chi connectivity index (χ0n) is 23.6. The summed E-state index contributed by atoms with van der Waals surface area (Å²) in [6.45, 7) is 6.98. The first-order valence-corrected chi connectivity index (χ1v) is 14.6. The summed E-state index contributed by atoms with van der Waals surface area (Å²) in [6, 6.07) is 17.2. The topological polar surface area (TPSA) is 95.7 Å². The lowest BCUT2D eigenvalue weighted by molar-refractivity contribution is -0.136. The molecule has 1 heterocycles. The monoisotopic (exact) mass is 532 g/mol. The number of rotatable bonds is 12. The fourth-order valence-corrected chi connectivity index (χ4v) is 5.96. The Morgan fingerprint density at radius 3 is 2.26 bits per heavy atom. The Labute approximate surface area is 233 Å². The van der Waals surface area contributed by atoms with E-state index < -0.39 is 23.8 Å². The van der Waals surface area contributed by atoms with E-state index in [0.717, 1.165) is 29.9 Å². The number of carbonyl (C=O) groups is 3. The first-order valence-electron chi connectivity index (χ1n) is 14.6. The molecule has 4 rings (SSSR count). The Bertz CT molecular complexity index is 1130. The lowest BCUT2D eigenvalue weighted by Crippen LogP contribution is -2.54. The number of fused-ring (bicyclic) bond motifs is 1. The first kappa shape index (κ1) is 28.7. The van der Waals surface area contributed by atoms with E-state index in [1.54, 1.807) is 0 Å². The molecule has 39 heavy (non-hydrogen) atoms. The molecule has 1 fully saturated rings. The van der Waals surface area contributed by atoms with Crippen molar-refractivity contribution in [1.82, 2.24) is 5.32 Å². The quantitative estimate of drug-likeness (QED) is 0.382. The van der Waals surface area contributed by atoms with Gasteiger partial charge in [-0.15, -0.1) is 0 Å². The van der Waals surface area contributed by atoms with E-state index in [2.05, 4.69) is 10.2 Å². The largest absolute Gasteiger partial charge is 0.369 e. The van der Waals surface area contributed by atoms with Crippen molar-refractivity contribution >= 4 is 34.8 Å². The van der Waals surface area contributed by atoms with Gasteiger partial charge in [0.1, 0.15) is 6.04 Å². The Morgan fingerprint density at radius 1 is 1.00 bits per heavy atom. The first-order chi connectivity index (χ1) is 18.8. The summed E-state index contributed by atoms with van der Waals surface area (Å²) in [6.07, 6.45) is 6.46. The maximum absolute atomic E-state index is 14.2. The maximum Gasteiger partial charge on any atom is 0.251 e. The Kier molecular flexibility index (Phi) is 9.65. The molecule has 1 aliphatic heterocycles. The second kappa shape index (κ2) is 13.1. The highest BCUT2D eigenvalue weighted by Gasteiger charge is 2.39. The number of primary amides is 1. The van der Waals surface area contributed by atoms with E-state index in [4.69, 9.17) is 5.73 Å². The Balaban J connectivity index is 1.69. The number of nitrogens with two attached hydrogens (primary N) is 1. The predicted molar refractivity (Wildman–Crippen MR) is 157 cm³/mol. The van der Waals surface area contributed by atoms with Crippen LogP contribution in [0.5, 0.6) is 0 Å². The van der Waals surface area contributed by atoms with Crippen LogP contribution in [0.2, 0.25) is 0 Å². The van der Waals surface area contributed by atoms with Crippen molar-refractivity contribution in [3.8, 4) is 0 Å². The number of hydrogen-bond donors (Lipinski definition) is 2. The van der Waals surface area contributed by atoms with Crippen LogP contribution >= 0.6 is 0 Å². The third kappa shape index (κ3) is 6.81. The molecule has 3 amide bonds. The van der Waals surface area contributed by atoms with Gasteiger partial charge < -0.3 is 20.9 Å². The molecular formula is C32H44N4O3. The summed E-state index contributed by atoms with van der Waals surface area (Å²) in [5, 5.41) is 3.11. The summed E-state index contributed by atoms with van der Waals surface area (Å²) >= 11 is 0. The van der Waals surface area contributed by atoms with Crippen LogP contribution < -0.4 is 20.9 Å². The molecule has 7 nitrogen and oxygen atoms in total. The molecule has 1 saturated carbocycles. The minimum atomic E-state index is -0.767. The Hall–Kier alpha value is -3.35. The zero-order valence-corrected chi connectivity index (χ0v) is 23.6. The summed E-state index contributed by atoms with van der Waals surface area (Å²) in [7, 11) is 0. The van der Waals surface area contributed by atoms with Gasteiger partial charge in [0.25, 0.3) is 5.91 Å². The minimum absolute atomic E-state index is 0.108. The molecular weight excluding hydrogens is 488 g/mol. The van der Waals surface area contributed by atoms with Gasteiger partial charge in [-0.05, 0) is 55.4 Å². The summed E-state index contributed by atoms with van der Waals surface area (Å²) in [5.41, 5.74) is 8.55. The maximum atomic E-state index is 14.2. The van der Waals surface area contributed by atoms with Crippen LogP contribution in [0.3, 0.4) is 0 Å². The minimum Gasteiger partial charge on any atom is -0.369 e. The fraction of sp³-hybridized carbons (Fsp3) is 0.531. The van der Waals surface area contributed by atoms with Gasteiger partial charge in [-0.25, -0.2) is 0 Å². The van der Waals surface area contributed by atoms with Crippen molar-refractivity contribution < 1.29 is 14.4 Å². The number of para-hydroxylation sites is 3. The van der Waals surface area contributed by atoms with Crippen molar-refractivity contribution in [2.45, 2.75) is 71.8 Å². The summed E-state index contributed by atoms with van der Waals surface area (Å²) < 4.78 is 0. The molecule has 0 bridgehead atoms. The second-order valence-corrected chi connectivity index (χ2v) is 11.6. The molecule has 2 aromatic carbocycles. The van der Waals surface area contributed by atoms with E-state index in [9.17, 15) is 14.4 Å². The van der Waals surface area contributed by atoms with Crippen molar-refractivity contribution in [2.75, 3.05) is 22.9 Å². The van der Waals surface area contributed by atoms with Crippen molar-refractivity contribution in [3.63, 3.8) is 0 Å². The molecule has 0 aromatic heterocycles. The van der Waals surface area contributed by atoms with Crippen LogP contribution in [-0.4, -0.2) is 36.9 Å². The highest BCUT2D eigenvalue weighted by Crippen LogP contribution is 2.39. The second-order valence-electron chi connectivity index (χ2n) is 11.6. The van der Waals surface area contributed by atoms with Gasteiger partial charge in [0, 0.05) is 24.1 Å². The van der Waals surface area contributed by atoms with E-state index in [1.807, 2.05) is 80.3 Å². The summed E-state index contributed by atoms with van der Waals surface area (Å²) in [4.78, 5) is 44.5. The molecule has 2 aliphatic rings. The van der Waals surface area contributed by atoms with Gasteiger partial charge in [0.05, 0.1) is 17.9 Å². The van der Waals surface area contributed by atoms with Crippen LogP contribution in [0, 0.1) is 23.7 Å². The molecule has 0 radical (unpaired) electrons. The number of hydrogen-bond acceptors (Lipinski definition) is 4. The van der Waals surface area contributed by atoms with Gasteiger partial charge in [0.15, 0.2) is 0 Å². The van der Waals surface area contributed by atoms with Gasteiger partial charge >= 0.3 is 0 Å². The number of anilines is 3. The van der Waals surface area contributed by atoms with Crippen LogP contribution in [0.15, 0.2) is 54.6 Å². The number of nitrogens with zero attached hydrogens (tertiary/aromatic N) is 2. The number of nitrogens with one attached hydrogen (secondary N) is 1. The van der Waals surface area contributed by atoms with E-state index in [1.165, 1.54) is 19.3 Å². The predicted octanol–water partition coefficient (Wildman–Crippen LogP) is 5.41. The fourth-order valence-electron chi connectivity index (χ4n) is 5.96. The molecule has 3 atom stereocenters. The summed E-state index contributed by atoms with van der Waals surface area (Å²) in [5.74, 6) is -1.11. The van der Waals surface area contributed by atoms with E-state index in [0.29, 0.717) is 31.8 Å². The number of carbonyl (C=O) groups excluding carboxylic acids is 3. The molecule has 210 valence electrons. The smallest absolute Gasteiger partial charge is 0.251 e. The van der Waals surface area contributed by atoms with Crippen molar-refractivity contribution in [2.24, 2.45) is 29.4 Å². The van der Waals surface area contributed by atoms with E-state index >= 15 is 0 Å². The van der Waals surface area contributed by atoms with Crippen LogP contribution in [0.25, 0.3) is 0 Å². The molecule has 0 saturated heterocycles. The molecule has 3 N–H and O–H groups in total. The molecule has 0 spiro atoms. The number of benzene rings is 2. The lowest BCUT2D eigenvalue weighted by Gasteiger charge is -2.31. The molecule has 1 aliphatic carbocycles. The standard InChI is InChI=1S/C32H44N4O3/c1-4-11-25(30(33)37)26(20-22(2)3)31(38)34-27-21-36(24-14-6-5-7-15-24)29-17-9-8-16-28(29)35(32(27)39)19-18-23-12-10-13-23/h5-9,14-17,22-23,25-27H,4,10-13,18-21H2,1-3H3,(H2,33,37)(H,34,38)/t25-,26+,27?/m0/s1. The third-order valence-corrected chi connectivity index (χ3v) is 8.28. The van der Waals surface area contributed by atoms with Gasteiger partial charge in [0.2, 0.25) is 11.8 Å². The average molecular weight is 533 g/mol. The van der Waals surface area contributed by atoms with Gasteiger partial charge in [-0.2, -0.15) is 0 Å². The molecule has 1 unspecified atom stereocenters. The van der Waals surface area contributed by atoms with Crippen molar-refractivity contribution in [1.29, 1.82) is 0 Å². The van der Waals surface area contributed by atoms with Crippen molar-refractivity contribution in [3.05, 3.63) is 54.6 Å². The lowest BCUT2D eigenvalue weighted by atomic mass is 9.81. The van der Waals surface area contributed by atoms with Crippen LogP contribution in [0.1, 0.15) is 65.7 Å². The van der Waals surface area contributed by atoms with E-state index in [-0.39, 0.29) is 17.7 Å². The zero-order chi connectivity index (χ0) is 27.9. The Morgan fingerprint density at radius 2 is 1.67 bits per heavy atom. The van der Waals surface area contributed by atoms with Gasteiger partial charge in [-0.3, -0.25) is 14.4 Å².